The number of fused-ring (bicyclic) bond motifs is 1. The van der Waals surface area contributed by atoms with Crippen molar-refractivity contribution in [3.8, 4) is 11.1 Å². The molecule has 0 saturated heterocycles. The van der Waals surface area contributed by atoms with Crippen molar-refractivity contribution in [3.63, 3.8) is 0 Å². The summed E-state index contributed by atoms with van der Waals surface area (Å²) in [6.07, 6.45) is 1.98. The van der Waals surface area contributed by atoms with Crippen LogP contribution >= 0.6 is 0 Å². The summed E-state index contributed by atoms with van der Waals surface area (Å²) in [5, 5.41) is 0. The number of nitrogens with zero attached hydrogens (tertiary/aromatic N) is 1. The highest BCUT2D eigenvalue weighted by Gasteiger charge is 2.54. The third-order valence-electron chi connectivity index (χ3n) is 7.83. The largest absolute Gasteiger partial charge is 0.333 e. The van der Waals surface area contributed by atoms with Crippen LogP contribution in [0.2, 0.25) is 0 Å². The zero-order valence-corrected chi connectivity index (χ0v) is 24.7. The van der Waals surface area contributed by atoms with Crippen molar-refractivity contribution in [1.82, 2.24) is 0 Å². The fourth-order valence-corrected chi connectivity index (χ4v) is 5.48. The molecule has 0 aromatic heterocycles. The molecule has 0 fully saturated rings. The topological polar surface area (TPSA) is 3.24 Å². The van der Waals surface area contributed by atoms with Gasteiger partial charge in [0, 0.05) is 6.54 Å². The lowest BCUT2D eigenvalue weighted by molar-refractivity contribution is 0.0139. The van der Waals surface area contributed by atoms with E-state index in [0.717, 1.165) is 0 Å². The summed E-state index contributed by atoms with van der Waals surface area (Å²) in [4.78, 5) is -0.385. The van der Waals surface area contributed by atoms with Crippen LogP contribution < -0.4 is 4.90 Å². The Labute approximate surface area is 261 Å². The number of alkyl halides is 2. The summed E-state index contributed by atoms with van der Waals surface area (Å²) < 4.78 is 237. The van der Waals surface area contributed by atoms with Crippen molar-refractivity contribution in [2.45, 2.75) is 58.8 Å². The van der Waals surface area contributed by atoms with Gasteiger partial charge >= 0.3 is 5.92 Å². The quantitative estimate of drug-likeness (QED) is 0.0876. The highest BCUT2D eigenvalue weighted by Crippen LogP contribution is 2.55. The Bertz CT molecular complexity index is 1820. The average Bonchev–Trinajstić information content (AvgIpc) is 3.20. The van der Waals surface area contributed by atoms with E-state index >= 15 is 30.7 Å². The average molecular weight is 711 g/mol. The zero-order valence-electron chi connectivity index (χ0n) is 24.7. The second-order valence-electron chi connectivity index (χ2n) is 11.7. The van der Waals surface area contributed by atoms with Crippen LogP contribution in [0, 0.1) is 75.2 Å². The van der Waals surface area contributed by atoms with Crippen LogP contribution in [-0.2, 0) is 5.92 Å². The first-order valence-electron chi connectivity index (χ1n) is 14.0. The maximum Gasteiger partial charge on any atom is 0.330 e. The molecule has 0 heterocycles. The first-order chi connectivity index (χ1) is 22.1. The van der Waals surface area contributed by atoms with E-state index < -0.39 is 133 Å². The second-order valence-corrected chi connectivity index (χ2v) is 11.7. The molecule has 0 radical (unpaired) electrons. The first kappa shape index (κ1) is 36.9. The molecule has 17 heteroatoms. The SMILES string of the molecule is CCCCCCC(C)(C)CN(c1c(F)c(F)c2c(c1F)C(F)=C(F)C2(F)F)c1c(F)c(F)c(F)c(F)c1-c1c(F)c(F)c(F)c(F)c1F. The molecule has 0 unspecified atom stereocenters. The molecule has 1 aliphatic rings. The molecular formula is C31H21F16N. The van der Waals surface area contributed by atoms with Gasteiger partial charge < -0.3 is 4.90 Å². The highest BCUT2D eigenvalue weighted by atomic mass is 19.3. The lowest BCUT2D eigenvalue weighted by Gasteiger charge is -2.36. The van der Waals surface area contributed by atoms with Crippen molar-refractivity contribution in [2.75, 3.05) is 11.4 Å². The van der Waals surface area contributed by atoms with Gasteiger partial charge in [-0.1, -0.05) is 46.5 Å². The van der Waals surface area contributed by atoms with Gasteiger partial charge in [-0.2, -0.15) is 8.78 Å². The summed E-state index contributed by atoms with van der Waals surface area (Å²) >= 11 is 0. The van der Waals surface area contributed by atoms with Gasteiger partial charge in [0.25, 0.3) is 0 Å². The van der Waals surface area contributed by atoms with E-state index in [1.54, 1.807) is 0 Å². The number of allylic oxidation sites excluding steroid dienone is 1. The van der Waals surface area contributed by atoms with Crippen molar-refractivity contribution in [1.29, 1.82) is 0 Å². The van der Waals surface area contributed by atoms with Crippen molar-refractivity contribution in [3.05, 3.63) is 86.8 Å². The van der Waals surface area contributed by atoms with E-state index in [1.165, 1.54) is 13.8 Å². The van der Waals surface area contributed by atoms with E-state index in [-0.39, 0.29) is 17.7 Å². The molecule has 3 aromatic rings. The predicted molar refractivity (Wildman–Crippen MR) is 140 cm³/mol. The molecular weight excluding hydrogens is 690 g/mol. The molecule has 4 rings (SSSR count). The number of unbranched alkanes of at least 4 members (excludes halogenated alkanes) is 3. The Hall–Kier alpha value is -3.92. The fraction of sp³-hybridized carbons (Fsp3) is 0.355. The lowest BCUT2D eigenvalue weighted by atomic mass is 9.85. The smallest absolute Gasteiger partial charge is 0.330 e. The van der Waals surface area contributed by atoms with Gasteiger partial charge in [-0.25, -0.2) is 61.5 Å². The van der Waals surface area contributed by atoms with Crippen LogP contribution in [0.1, 0.15) is 64.0 Å². The number of benzene rings is 3. The number of anilines is 2. The summed E-state index contributed by atoms with van der Waals surface area (Å²) in [5.74, 6) is -45.5. The van der Waals surface area contributed by atoms with Gasteiger partial charge in [0.2, 0.25) is 11.6 Å². The van der Waals surface area contributed by atoms with Crippen LogP contribution in [0.5, 0.6) is 0 Å². The molecule has 1 aliphatic carbocycles. The fourth-order valence-electron chi connectivity index (χ4n) is 5.48. The molecule has 0 spiro atoms. The Morgan fingerprint density at radius 1 is 0.500 bits per heavy atom. The lowest BCUT2D eigenvalue weighted by Crippen LogP contribution is -2.34. The standard InChI is InChI=1S/C31H21F16N/c1-4-5-6-7-8-30(2,3)9-48(28-17(35)12-13(19(37)25(28)43)31(46,47)29(45)18(12)36)27-11(16(34)22(40)24(42)26(27)44)10-14(32)20(38)23(41)21(39)15(10)33/h4-9H2,1-3H3. The van der Waals surface area contributed by atoms with E-state index in [0.29, 0.717) is 19.3 Å². The third-order valence-corrected chi connectivity index (χ3v) is 7.83. The number of rotatable bonds is 10. The normalized spacial score (nSPS) is 14.3. The van der Waals surface area contributed by atoms with E-state index in [9.17, 15) is 39.5 Å². The van der Waals surface area contributed by atoms with E-state index in [2.05, 4.69) is 0 Å². The van der Waals surface area contributed by atoms with Gasteiger partial charge in [0.05, 0.1) is 27.9 Å². The minimum Gasteiger partial charge on any atom is -0.333 e. The number of hydrogen-bond donors (Lipinski definition) is 0. The Morgan fingerprint density at radius 2 is 0.958 bits per heavy atom. The van der Waals surface area contributed by atoms with Gasteiger partial charge in [-0.15, -0.1) is 0 Å². The molecule has 0 saturated carbocycles. The molecule has 3 aromatic carbocycles. The van der Waals surface area contributed by atoms with Crippen LogP contribution in [0.3, 0.4) is 0 Å². The monoisotopic (exact) mass is 711 g/mol. The zero-order chi connectivity index (χ0) is 36.4. The maximum atomic E-state index is 16.0. The van der Waals surface area contributed by atoms with Gasteiger partial charge in [0.1, 0.15) is 5.69 Å². The van der Waals surface area contributed by atoms with E-state index in [4.69, 9.17) is 0 Å². The van der Waals surface area contributed by atoms with Crippen LogP contribution in [0.25, 0.3) is 17.0 Å². The molecule has 0 amide bonds. The molecule has 0 bridgehead atoms. The molecule has 1 nitrogen and oxygen atoms in total. The Kier molecular flexibility index (Phi) is 9.87. The van der Waals surface area contributed by atoms with Gasteiger partial charge in [0.15, 0.2) is 69.8 Å². The van der Waals surface area contributed by atoms with Crippen molar-refractivity contribution < 1.29 is 70.2 Å². The van der Waals surface area contributed by atoms with Gasteiger partial charge in [-0.05, 0) is 11.8 Å². The summed E-state index contributed by atoms with van der Waals surface area (Å²) in [6.45, 7) is 3.00. The molecule has 0 N–H and O–H groups in total. The van der Waals surface area contributed by atoms with Crippen molar-refractivity contribution in [2.24, 2.45) is 5.41 Å². The second kappa shape index (κ2) is 12.8. The Morgan fingerprint density at radius 3 is 1.48 bits per heavy atom. The summed E-state index contributed by atoms with van der Waals surface area (Å²) in [5.41, 5.74) is -15.6. The summed E-state index contributed by atoms with van der Waals surface area (Å²) in [6, 6.07) is 0. The first-order valence-corrected chi connectivity index (χ1v) is 14.0. The molecule has 0 aliphatic heterocycles. The molecule has 0 atom stereocenters. The minimum absolute atomic E-state index is 0.0627. The highest BCUT2D eigenvalue weighted by molar-refractivity contribution is 5.86. The van der Waals surface area contributed by atoms with Crippen LogP contribution in [-0.4, -0.2) is 6.54 Å². The predicted octanol–water partition coefficient (Wildman–Crippen LogP) is 11.9. The van der Waals surface area contributed by atoms with E-state index in [1.807, 2.05) is 6.92 Å². The number of halogens is 16. The van der Waals surface area contributed by atoms with Crippen molar-refractivity contribution >= 4 is 17.2 Å². The maximum absolute atomic E-state index is 16.0. The van der Waals surface area contributed by atoms with Crippen LogP contribution in [0.15, 0.2) is 5.83 Å². The summed E-state index contributed by atoms with van der Waals surface area (Å²) in [7, 11) is 0. The minimum atomic E-state index is -5.31. The molecule has 48 heavy (non-hydrogen) atoms. The third kappa shape index (κ3) is 5.65. The molecule has 262 valence electrons. The van der Waals surface area contributed by atoms with Crippen LogP contribution in [0.4, 0.5) is 81.6 Å². The number of hydrogen-bond acceptors (Lipinski definition) is 1. The van der Waals surface area contributed by atoms with Gasteiger partial charge in [-0.3, -0.25) is 0 Å². The Balaban J connectivity index is 2.21.